The molecule has 1 atom stereocenters. The van der Waals surface area contributed by atoms with Gasteiger partial charge in [-0.15, -0.1) is 0 Å². The van der Waals surface area contributed by atoms with E-state index in [1.807, 2.05) is 13.8 Å². The highest BCUT2D eigenvalue weighted by atomic mass is 16.3. The van der Waals surface area contributed by atoms with Gasteiger partial charge in [-0.1, -0.05) is 0 Å². The smallest absolute Gasteiger partial charge is 0.147 e. The van der Waals surface area contributed by atoms with Gasteiger partial charge in [-0.2, -0.15) is 0 Å². The lowest BCUT2D eigenvalue weighted by molar-refractivity contribution is 0.154. The third-order valence-electron chi connectivity index (χ3n) is 2.90. The molecule has 1 aliphatic heterocycles. The van der Waals surface area contributed by atoms with Crippen molar-refractivity contribution in [1.82, 2.24) is 9.97 Å². The number of aliphatic hydroxyl groups is 1. The van der Waals surface area contributed by atoms with Gasteiger partial charge in [0.15, 0.2) is 0 Å². The molecule has 0 saturated carbocycles. The van der Waals surface area contributed by atoms with Crippen LogP contribution < -0.4 is 4.90 Å². The third-order valence-corrected chi connectivity index (χ3v) is 2.90. The summed E-state index contributed by atoms with van der Waals surface area (Å²) < 4.78 is 0. The van der Waals surface area contributed by atoms with Crippen molar-refractivity contribution in [3.8, 4) is 0 Å². The molecule has 4 nitrogen and oxygen atoms in total. The summed E-state index contributed by atoms with van der Waals surface area (Å²) >= 11 is 0. The van der Waals surface area contributed by atoms with Gasteiger partial charge in [-0.3, -0.25) is 4.98 Å². The average molecular weight is 207 g/mol. The van der Waals surface area contributed by atoms with Gasteiger partial charge < -0.3 is 10.0 Å². The summed E-state index contributed by atoms with van der Waals surface area (Å²) in [7, 11) is 0. The number of aryl methyl sites for hydroxylation is 2. The van der Waals surface area contributed by atoms with E-state index in [1.165, 1.54) is 0 Å². The predicted octanol–water partition coefficient (Wildman–Crippen LogP) is 1.05. The van der Waals surface area contributed by atoms with E-state index in [1.54, 1.807) is 6.20 Å². The minimum absolute atomic E-state index is 0.220. The maximum atomic E-state index is 9.57. The summed E-state index contributed by atoms with van der Waals surface area (Å²) in [5.41, 5.74) is 1.93. The van der Waals surface area contributed by atoms with Gasteiger partial charge in [0.05, 0.1) is 23.7 Å². The standard InChI is InChI=1S/C11H17N3O/c1-8-9(2)13-11(6-12-8)14-5-3-4-10(15)7-14/h6,10,15H,3-5,7H2,1-2H3/t10-/m0/s1. The van der Waals surface area contributed by atoms with Gasteiger partial charge in [0.25, 0.3) is 0 Å². The molecule has 4 heteroatoms. The molecule has 0 amide bonds. The topological polar surface area (TPSA) is 49.2 Å². The van der Waals surface area contributed by atoms with Crippen molar-refractivity contribution in [1.29, 1.82) is 0 Å². The Morgan fingerprint density at radius 2 is 2.20 bits per heavy atom. The van der Waals surface area contributed by atoms with Crippen LogP contribution in [0.3, 0.4) is 0 Å². The molecule has 82 valence electrons. The molecule has 0 bridgehead atoms. The number of rotatable bonds is 1. The molecule has 1 fully saturated rings. The molecule has 0 radical (unpaired) electrons. The zero-order chi connectivity index (χ0) is 10.8. The molecular weight excluding hydrogens is 190 g/mol. The Bertz CT molecular complexity index is 354. The second-order valence-corrected chi connectivity index (χ2v) is 4.14. The Hall–Kier alpha value is -1.16. The monoisotopic (exact) mass is 207 g/mol. The second kappa shape index (κ2) is 4.14. The molecule has 1 N–H and O–H groups in total. The van der Waals surface area contributed by atoms with Crippen LogP contribution in [-0.2, 0) is 0 Å². The van der Waals surface area contributed by atoms with Crippen molar-refractivity contribution in [3.63, 3.8) is 0 Å². The maximum absolute atomic E-state index is 9.57. The fourth-order valence-electron chi connectivity index (χ4n) is 1.84. The van der Waals surface area contributed by atoms with Crippen LogP contribution in [0.15, 0.2) is 6.20 Å². The highest BCUT2D eigenvalue weighted by Crippen LogP contribution is 2.17. The van der Waals surface area contributed by atoms with Crippen molar-refractivity contribution in [2.24, 2.45) is 0 Å². The van der Waals surface area contributed by atoms with Gasteiger partial charge in [-0.25, -0.2) is 4.98 Å². The molecule has 1 aromatic rings. The van der Waals surface area contributed by atoms with Gasteiger partial charge in [0, 0.05) is 13.1 Å². The zero-order valence-corrected chi connectivity index (χ0v) is 9.27. The normalized spacial score (nSPS) is 21.8. The molecule has 0 spiro atoms. The lowest BCUT2D eigenvalue weighted by Crippen LogP contribution is -2.38. The number of hydrogen-bond acceptors (Lipinski definition) is 4. The van der Waals surface area contributed by atoms with Gasteiger partial charge in [0.1, 0.15) is 5.82 Å². The van der Waals surface area contributed by atoms with E-state index in [0.29, 0.717) is 6.54 Å². The average Bonchev–Trinajstić information content (AvgIpc) is 2.22. The first-order chi connectivity index (χ1) is 7.16. The van der Waals surface area contributed by atoms with Crippen LogP contribution in [-0.4, -0.2) is 34.3 Å². The van der Waals surface area contributed by atoms with E-state index >= 15 is 0 Å². The second-order valence-electron chi connectivity index (χ2n) is 4.14. The minimum atomic E-state index is -0.220. The predicted molar refractivity (Wildman–Crippen MR) is 59.0 cm³/mol. The van der Waals surface area contributed by atoms with Crippen molar-refractivity contribution < 1.29 is 5.11 Å². The van der Waals surface area contributed by atoms with Crippen molar-refractivity contribution in [2.45, 2.75) is 32.8 Å². The lowest BCUT2D eigenvalue weighted by atomic mass is 10.1. The lowest BCUT2D eigenvalue weighted by Gasteiger charge is -2.30. The van der Waals surface area contributed by atoms with E-state index in [2.05, 4.69) is 14.9 Å². The number of aliphatic hydroxyl groups excluding tert-OH is 1. The first-order valence-corrected chi connectivity index (χ1v) is 5.40. The van der Waals surface area contributed by atoms with Gasteiger partial charge in [0.2, 0.25) is 0 Å². The Morgan fingerprint density at radius 1 is 1.40 bits per heavy atom. The van der Waals surface area contributed by atoms with E-state index in [4.69, 9.17) is 0 Å². The van der Waals surface area contributed by atoms with Crippen LogP contribution in [0.2, 0.25) is 0 Å². The van der Waals surface area contributed by atoms with Gasteiger partial charge >= 0.3 is 0 Å². The first-order valence-electron chi connectivity index (χ1n) is 5.40. The Labute approximate surface area is 90.0 Å². The molecule has 0 aliphatic carbocycles. The van der Waals surface area contributed by atoms with Crippen molar-refractivity contribution in [3.05, 3.63) is 17.6 Å². The minimum Gasteiger partial charge on any atom is -0.391 e. The number of β-amino-alcohol motifs (C(OH)–C–C–N with tert-alkyl or cyclic N) is 1. The molecular formula is C11H17N3O. The number of hydrogen-bond donors (Lipinski definition) is 1. The summed E-state index contributed by atoms with van der Waals surface area (Å²) in [6.07, 6.45) is 3.49. The molecule has 0 aromatic carbocycles. The first kappa shape index (κ1) is 10.4. The maximum Gasteiger partial charge on any atom is 0.147 e. The van der Waals surface area contributed by atoms with Crippen molar-refractivity contribution in [2.75, 3.05) is 18.0 Å². The zero-order valence-electron chi connectivity index (χ0n) is 9.27. The molecule has 2 rings (SSSR count). The SMILES string of the molecule is Cc1ncc(N2CCC[C@H](O)C2)nc1C. The van der Waals surface area contributed by atoms with Gasteiger partial charge in [-0.05, 0) is 26.7 Å². The largest absolute Gasteiger partial charge is 0.391 e. The van der Waals surface area contributed by atoms with Crippen LogP contribution in [0, 0.1) is 13.8 Å². The van der Waals surface area contributed by atoms with Crippen LogP contribution in [0.4, 0.5) is 5.82 Å². The van der Waals surface area contributed by atoms with E-state index in [0.717, 1.165) is 36.6 Å². The fourth-order valence-corrected chi connectivity index (χ4v) is 1.84. The fraction of sp³-hybridized carbons (Fsp3) is 0.636. The Morgan fingerprint density at radius 3 is 2.87 bits per heavy atom. The molecule has 0 unspecified atom stereocenters. The van der Waals surface area contributed by atoms with E-state index < -0.39 is 0 Å². The van der Waals surface area contributed by atoms with Crippen LogP contribution in [0.1, 0.15) is 24.2 Å². The third kappa shape index (κ3) is 2.26. The number of nitrogens with zero attached hydrogens (tertiary/aromatic N) is 3. The highest BCUT2D eigenvalue weighted by Gasteiger charge is 2.19. The molecule has 1 aliphatic rings. The van der Waals surface area contributed by atoms with Crippen LogP contribution in [0.25, 0.3) is 0 Å². The number of piperidine rings is 1. The van der Waals surface area contributed by atoms with E-state index in [9.17, 15) is 5.11 Å². The molecule has 2 heterocycles. The number of anilines is 1. The van der Waals surface area contributed by atoms with Crippen molar-refractivity contribution >= 4 is 5.82 Å². The van der Waals surface area contributed by atoms with Crippen LogP contribution >= 0.6 is 0 Å². The summed E-state index contributed by atoms with van der Waals surface area (Å²) in [5, 5.41) is 9.57. The van der Waals surface area contributed by atoms with Crippen LogP contribution in [0.5, 0.6) is 0 Å². The summed E-state index contributed by atoms with van der Waals surface area (Å²) in [5.74, 6) is 0.886. The Kier molecular flexibility index (Phi) is 2.86. The molecule has 1 aromatic heterocycles. The molecule has 15 heavy (non-hydrogen) atoms. The number of aromatic nitrogens is 2. The summed E-state index contributed by atoms with van der Waals surface area (Å²) in [6.45, 7) is 5.56. The summed E-state index contributed by atoms with van der Waals surface area (Å²) in [6, 6.07) is 0. The Balaban J connectivity index is 2.18. The van der Waals surface area contributed by atoms with E-state index in [-0.39, 0.29) is 6.10 Å². The molecule has 1 saturated heterocycles. The summed E-state index contributed by atoms with van der Waals surface area (Å²) in [4.78, 5) is 10.9. The highest BCUT2D eigenvalue weighted by molar-refractivity contribution is 5.38. The quantitative estimate of drug-likeness (QED) is 0.748.